The third-order valence-electron chi connectivity index (χ3n) is 1.76. The van der Waals surface area contributed by atoms with E-state index in [1.165, 1.54) is 0 Å². The summed E-state index contributed by atoms with van der Waals surface area (Å²) in [7, 11) is 1.55. The van der Waals surface area contributed by atoms with E-state index in [1.807, 2.05) is 0 Å². The molecule has 4 nitrogen and oxygen atoms in total. The summed E-state index contributed by atoms with van der Waals surface area (Å²) in [6, 6.07) is 4.93. The first-order valence-corrected chi connectivity index (χ1v) is 4.52. The molecule has 76 valence electrons. The number of carbonyl (C=O) groups excluding carboxylic acids is 1. The van der Waals surface area contributed by atoms with Crippen LogP contribution >= 0.6 is 11.6 Å². The van der Waals surface area contributed by atoms with Gasteiger partial charge in [0.1, 0.15) is 0 Å². The smallest absolute Gasteiger partial charge is 0.318 e. The lowest BCUT2D eigenvalue weighted by Crippen LogP contribution is -2.24. The van der Waals surface area contributed by atoms with Gasteiger partial charge in [-0.05, 0) is 17.7 Å². The Hall–Kier alpha value is -1.26. The molecule has 0 heterocycles. The fourth-order valence-electron chi connectivity index (χ4n) is 0.984. The molecular formula is C9H12ClN3O. The Kier molecular flexibility index (Phi) is 3.73. The first-order chi connectivity index (χ1) is 6.67. The molecule has 14 heavy (non-hydrogen) atoms. The van der Waals surface area contributed by atoms with Crippen LogP contribution in [0.1, 0.15) is 5.56 Å². The fraction of sp³-hybridized carbons (Fsp3) is 0.222. The molecule has 5 heteroatoms. The largest absolute Gasteiger partial charge is 0.341 e. The zero-order chi connectivity index (χ0) is 10.6. The van der Waals surface area contributed by atoms with Crippen molar-refractivity contribution in [3.05, 3.63) is 28.8 Å². The molecule has 0 spiro atoms. The SMILES string of the molecule is CNC(=O)Nc1ccc(CN)c(Cl)c1. The van der Waals surface area contributed by atoms with Gasteiger partial charge in [-0.15, -0.1) is 0 Å². The number of nitrogens with two attached hydrogens (primary N) is 1. The minimum Gasteiger partial charge on any atom is -0.341 e. The number of urea groups is 1. The summed E-state index contributed by atoms with van der Waals surface area (Å²) in [5.41, 5.74) is 6.94. The lowest BCUT2D eigenvalue weighted by atomic mass is 10.2. The van der Waals surface area contributed by atoms with Crippen LogP contribution in [0.3, 0.4) is 0 Å². The molecule has 0 radical (unpaired) electrons. The van der Waals surface area contributed by atoms with Crippen LogP contribution in [0, 0.1) is 0 Å². The van der Waals surface area contributed by atoms with Gasteiger partial charge in [0, 0.05) is 24.3 Å². The summed E-state index contributed by atoms with van der Waals surface area (Å²) in [6.07, 6.45) is 0. The maximum atomic E-state index is 11.0. The molecule has 4 N–H and O–H groups in total. The first kappa shape index (κ1) is 10.8. The van der Waals surface area contributed by atoms with Crippen molar-refractivity contribution in [1.82, 2.24) is 5.32 Å². The maximum absolute atomic E-state index is 11.0. The van der Waals surface area contributed by atoms with E-state index in [0.717, 1.165) is 5.56 Å². The minimum absolute atomic E-state index is 0.276. The molecule has 0 aliphatic rings. The number of rotatable bonds is 2. The average Bonchev–Trinajstić information content (AvgIpc) is 2.18. The van der Waals surface area contributed by atoms with E-state index >= 15 is 0 Å². The van der Waals surface area contributed by atoms with Crippen LogP contribution in [-0.2, 0) is 6.54 Å². The van der Waals surface area contributed by atoms with Crippen molar-refractivity contribution in [1.29, 1.82) is 0 Å². The van der Waals surface area contributed by atoms with Crippen LogP contribution < -0.4 is 16.4 Å². The number of amides is 2. The predicted octanol–water partition coefficient (Wildman–Crippen LogP) is 1.55. The molecule has 0 saturated heterocycles. The molecule has 0 aliphatic carbocycles. The summed E-state index contributed by atoms with van der Waals surface area (Å²) in [5, 5.41) is 5.61. The van der Waals surface area contributed by atoms with Gasteiger partial charge in [-0.25, -0.2) is 4.79 Å². The Morgan fingerprint density at radius 3 is 2.79 bits per heavy atom. The van der Waals surface area contributed by atoms with Gasteiger partial charge in [-0.2, -0.15) is 0 Å². The number of halogens is 1. The summed E-state index contributed by atoms with van der Waals surface area (Å²) >= 11 is 5.90. The lowest BCUT2D eigenvalue weighted by molar-refractivity contribution is 0.254. The molecule has 0 atom stereocenters. The molecule has 2 amide bonds. The molecule has 0 fully saturated rings. The lowest BCUT2D eigenvalue weighted by Gasteiger charge is -2.06. The van der Waals surface area contributed by atoms with Crippen LogP contribution in [0.15, 0.2) is 18.2 Å². The minimum atomic E-state index is -0.276. The highest BCUT2D eigenvalue weighted by atomic mass is 35.5. The Morgan fingerprint density at radius 2 is 2.29 bits per heavy atom. The van der Waals surface area contributed by atoms with Crippen LogP contribution in [0.5, 0.6) is 0 Å². The van der Waals surface area contributed by atoms with Gasteiger partial charge in [0.15, 0.2) is 0 Å². The van der Waals surface area contributed by atoms with E-state index in [2.05, 4.69) is 10.6 Å². The van der Waals surface area contributed by atoms with Gasteiger partial charge in [-0.3, -0.25) is 0 Å². The summed E-state index contributed by atoms with van der Waals surface area (Å²) in [4.78, 5) is 11.0. The number of hydrogen-bond donors (Lipinski definition) is 3. The number of anilines is 1. The van der Waals surface area contributed by atoms with Crippen LogP contribution in [0.25, 0.3) is 0 Å². The third kappa shape index (κ3) is 2.61. The van der Waals surface area contributed by atoms with Crippen molar-refractivity contribution < 1.29 is 4.79 Å². The number of hydrogen-bond acceptors (Lipinski definition) is 2. The van der Waals surface area contributed by atoms with Crippen molar-refractivity contribution in [2.45, 2.75) is 6.54 Å². The molecule has 1 aromatic carbocycles. The van der Waals surface area contributed by atoms with Crippen molar-refractivity contribution >= 4 is 23.3 Å². The molecule has 0 bridgehead atoms. The van der Waals surface area contributed by atoms with E-state index in [9.17, 15) is 4.79 Å². The molecule has 0 unspecified atom stereocenters. The second-order valence-corrected chi connectivity index (χ2v) is 3.12. The monoisotopic (exact) mass is 213 g/mol. The summed E-state index contributed by atoms with van der Waals surface area (Å²) in [6.45, 7) is 0.388. The van der Waals surface area contributed by atoms with E-state index in [1.54, 1.807) is 25.2 Å². The second-order valence-electron chi connectivity index (χ2n) is 2.71. The third-order valence-corrected chi connectivity index (χ3v) is 2.11. The number of nitrogens with one attached hydrogen (secondary N) is 2. The van der Waals surface area contributed by atoms with E-state index < -0.39 is 0 Å². The van der Waals surface area contributed by atoms with Crippen LogP contribution in [0.2, 0.25) is 5.02 Å². The fourth-order valence-corrected chi connectivity index (χ4v) is 1.24. The predicted molar refractivity (Wildman–Crippen MR) is 57.4 cm³/mol. The molecule has 1 rings (SSSR count). The molecule has 0 saturated carbocycles. The van der Waals surface area contributed by atoms with E-state index in [-0.39, 0.29) is 6.03 Å². The van der Waals surface area contributed by atoms with Gasteiger partial charge in [0.05, 0.1) is 0 Å². The standard InChI is InChI=1S/C9H12ClN3O/c1-12-9(14)13-7-3-2-6(5-11)8(10)4-7/h2-4H,5,11H2,1H3,(H2,12,13,14). The van der Waals surface area contributed by atoms with Crippen LogP contribution in [0.4, 0.5) is 10.5 Å². The van der Waals surface area contributed by atoms with Crippen molar-refractivity contribution in [2.24, 2.45) is 5.73 Å². The maximum Gasteiger partial charge on any atom is 0.318 e. The highest BCUT2D eigenvalue weighted by Gasteiger charge is 2.02. The van der Waals surface area contributed by atoms with Crippen LogP contribution in [-0.4, -0.2) is 13.1 Å². The second kappa shape index (κ2) is 4.83. The quantitative estimate of drug-likeness (QED) is 0.698. The first-order valence-electron chi connectivity index (χ1n) is 4.14. The Balaban J connectivity index is 2.81. The van der Waals surface area contributed by atoms with Gasteiger partial charge in [0.2, 0.25) is 0 Å². The van der Waals surface area contributed by atoms with E-state index in [0.29, 0.717) is 17.3 Å². The van der Waals surface area contributed by atoms with Crippen molar-refractivity contribution in [3.63, 3.8) is 0 Å². The molecule has 0 aromatic heterocycles. The van der Waals surface area contributed by atoms with Gasteiger partial charge in [0.25, 0.3) is 0 Å². The Labute approximate surface area is 87.4 Å². The zero-order valence-corrected chi connectivity index (χ0v) is 8.56. The van der Waals surface area contributed by atoms with Gasteiger partial charge in [-0.1, -0.05) is 17.7 Å². The zero-order valence-electron chi connectivity index (χ0n) is 7.80. The number of benzene rings is 1. The van der Waals surface area contributed by atoms with Gasteiger partial charge >= 0.3 is 6.03 Å². The van der Waals surface area contributed by atoms with Gasteiger partial charge < -0.3 is 16.4 Å². The topological polar surface area (TPSA) is 67.2 Å². The normalized spacial score (nSPS) is 9.64. The molecule has 1 aromatic rings. The summed E-state index contributed by atoms with van der Waals surface area (Å²) < 4.78 is 0. The van der Waals surface area contributed by atoms with Crippen molar-refractivity contribution in [3.8, 4) is 0 Å². The number of carbonyl (C=O) groups is 1. The van der Waals surface area contributed by atoms with E-state index in [4.69, 9.17) is 17.3 Å². The molecule has 0 aliphatic heterocycles. The summed E-state index contributed by atoms with van der Waals surface area (Å²) in [5.74, 6) is 0. The molecular weight excluding hydrogens is 202 g/mol. The highest BCUT2D eigenvalue weighted by molar-refractivity contribution is 6.31. The Morgan fingerprint density at radius 1 is 1.57 bits per heavy atom. The average molecular weight is 214 g/mol. The van der Waals surface area contributed by atoms with Crippen molar-refractivity contribution in [2.75, 3.05) is 12.4 Å². The highest BCUT2D eigenvalue weighted by Crippen LogP contribution is 2.20. The Bertz CT molecular complexity index is 341.